The summed E-state index contributed by atoms with van der Waals surface area (Å²) in [5, 5.41) is 0. The van der Waals surface area contributed by atoms with Gasteiger partial charge in [-0.15, -0.1) is 0 Å². The van der Waals surface area contributed by atoms with Crippen LogP contribution >= 0.6 is 9.69 Å². The fourth-order valence-corrected chi connectivity index (χ4v) is 8.32. The van der Waals surface area contributed by atoms with Crippen molar-refractivity contribution >= 4 is 53.7 Å². The summed E-state index contributed by atoms with van der Waals surface area (Å²) in [7, 11) is 5.31. The van der Waals surface area contributed by atoms with E-state index in [4.69, 9.17) is 15.0 Å². The van der Waals surface area contributed by atoms with Gasteiger partial charge in [-0.1, -0.05) is 95.1 Å². The SMILES string of the molecule is CC(=Nc1c(C)cc(C)cc1C)c1cccc(C(C)=Nc2c(C)cc(C)cc2C)n1.CC(C)(C)CN1[Si]N(CC(C)(C)C)c2ccccc21.[Cl][Ru]. The fourth-order valence-electron chi connectivity index (χ4n) is 6.35. The van der Waals surface area contributed by atoms with Crippen molar-refractivity contribution < 1.29 is 17.3 Å². The number of fused-ring (bicyclic) bond motifs is 1. The summed E-state index contributed by atoms with van der Waals surface area (Å²) < 4.78 is 5.09. The van der Waals surface area contributed by atoms with Gasteiger partial charge in [0.2, 0.25) is 0 Å². The number of aryl methyl sites for hydroxylation is 6. The number of para-hydroxylation sites is 2. The van der Waals surface area contributed by atoms with Crippen molar-refractivity contribution in [1.29, 1.82) is 0 Å². The quantitative estimate of drug-likeness (QED) is 0.144. The molecular weight excluding hydrogens is 751 g/mol. The number of hydrogen-bond donors (Lipinski definition) is 0. The molecule has 1 aromatic heterocycles. The van der Waals surface area contributed by atoms with E-state index in [1.165, 1.54) is 44.8 Å². The predicted octanol–water partition coefficient (Wildman–Crippen LogP) is 11.8. The van der Waals surface area contributed by atoms with Gasteiger partial charge in [-0.2, -0.15) is 0 Å². The Morgan fingerprint density at radius 3 is 1.25 bits per heavy atom. The summed E-state index contributed by atoms with van der Waals surface area (Å²) in [5.74, 6) is 0. The van der Waals surface area contributed by atoms with Gasteiger partial charge in [0.1, 0.15) is 0 Å². The maximum atomic E-state index is 4.91. The molecule has 0 fully saturated rings. The van der Waals surface area contributed by atoms with Gasteiger partial charge in [0.15, 0.2) is 0 Å². The van der Waals surface area contributed by atoms with Gasteiger partial charge in [-0.25, -0.2) is 4.98 Å². The van der Waals surface area contributed by atoms with Crippen LogP contribution in [0.5, 0.6) is 0 Å². The van der Waals surface area contributed by atoms with E-state index in [1.807, 2.05) is 49.4 Å². The Bertz CT molecular complexity index is 1690. The molecule has 1 aliphatic heterocycles. The zero-order chi connectivity index (χ0) is 38.3. The third-order valence-electron chi connectivity index (χ3n) is 8.29. The first-order chi connectivity index (χ1) is 23.8. The van der Waals surface area contributed by atoms with Crippen molar-refractivity contribution in [2.24, 2.45) is 20.8 Å². The molecule has 1 aliphatic rings. The molecule has 0 N–H and O–H groups in total. The van der Waals surface area contributed by atoms with Gasteiger partial charge >= 0.3 is 36.8 Å². The molecule has 0 atom stereocenters. The number of anilines is 2. The second-order valence-corrected chi connectivity index (χ2v) is 17.5. The Morgan fingerprint density at radius 1 is 0.608 bits per heavy atom. The van der Waals surface area contributed by atoms with E-state index in [0.29, 0.717) is 10.8 Å². The minimum atomic E-state index is 0.331. The Balaban J connectivity index is 0.000000287. The van der Waals surface area contributed by atoms with Crippen LogP contribution in [-0.4, -0.2) is 39.3 Å². The minimum absolute atomic E-state index is 0.331. The summed E-state index contributed by atoms with van der Waals surface area (Å²) in [5.41, 5.74) is 16.3. The maximum absolute atomic E-state index is 4.91. The van der Waals surface area contributed by atoms with Crippen molar-refractivity contribution in [1.82, 2.24) is 4.98 Å². The number of benzene rings is 3. The molecule has 3 aromatic carbocycles. The average Bonchev–Trinajstić information content (AvgIpc) is 3.35. The standard InChI is InChI=1S/C27H31N3.C16H26N2Si.ClH.Ru/c1-16-12-18(3)26(19(4)13-16)28-22(7)24-10-9-11-25(30-24)23(8)29-27-20(5)14-17(2)15-21(27)6;1-15(2,3)11-17-13-9-7-8-10-14(13)18(19-17)12-16(4,5)6;;/h9-15H,1-8H3;7-10H,11-12H2,1-6H3;1H;/q;;;+1/p-1. The normalized spacial score (nSPS) is 13.3. The van der Waals surface area contributed by atoms with E-state index in [1.54, 1.807) is 0 Å². The predicted molar refractivity (Wildman–Crippen MR) is 221 cm³/mol. The molecule has 51 heavy (non-hydrogen) atoms. The molecule has 4 aromatic rings. The van der Waals surface area contributed by atoms with Crippen molar-refractivity contribution in [2.75, 3.05) is 22.2 Å². The van der Waals surface area contributed by atoms with E-state index in [9.17, 15) is 0 Å². The van der Waals surface area contributed by atoms with Crippen molar-refractivity contribution in [3.63, 3.8) is 0 Å². The van der Waals surface area contributed by atoms with Gasteiger partial charge in [-0.3, -0.25) is 9.98 Å². The van der Waals surface area contributed by atoms with E-state index in [-0.39, 0.29) is 0 Å². The topological polar surface area (TPSA) is 44.1 Å². The second-order valence-electron chi connectivity index (χ2n) is 16.2. The number of halogens is 1. The average molecular weight is 809 g/mol. The first-order valence-electron chi connectivity index (χ1n) is 17.6. The molecule has 2 heterocycles. The summed E-state index contributed by atoms with van der Waals surface area (Å²) in [4.78, 5) is 14.7. The number of aliphatic imine (C=N–C) groups is 2. The first kappa shape index (κ1) is 42.3. The van der Waals surface area contributed by atoms with Gasteiger partial charge < -0.3 is 9.13 Å². The third-order valence-corrected chi connectivity index (χ3v) is 9.57. The van der Waals surface area contributed by atoms with Crippen LogP contribution in [-0.2, 0) is 17.3 Å². The Hall–Kier alpha value is -3.12. The molecule has 0 saturated heterocycles. The van der Waals surface area contributed by atoms with Crippen LogP contribution < -0.4 is 9.13 Å². The molecule has 0 saturated carbocycles. The summed E-state index contributed by atoms with van der Waals surface area (Å²) in [6.07, 6.45) is 0. The van der Waals surface area contributed by atoms with Crippen molar-refractivity contribution in [3.05, 3.63) is 111 Å². The molecule has 0 unspecified atom stereocenters. The monoisotopic (exact) mass is 808 g/mol. The Kier molecular flexibility index (Phi) is 15.0. The number of rotatable bonds is 6. The summed E-state index contributed by atoms with van der Waals surface area (Å²) >= 11 is 1.82. The van der Waals surface area contributed by atoms with Crippen LogP contribution in [0, 0.1) is 52.4 Å². The summed E-state index contributed by atoms with van der Waals surface area (Å²) in [6, 6.07) is 23.6. The first-order valence-corrected chi connectivity index (χ1v) is 20.7. The number of pyridine rings is 1. The van der Waals surface area contributed by atoms with Crippen molar-refractivity contribution in [3.8, 4) is 0 Å². The fraction of sp³-hybridized carbons (Fsp3) is 0.419. The molecule has 0 spiro atoms. The molecule has 5 rings (SSSR count). The van der Waals surface area contributed by atoms with Gasteiger partial charge in [-0.05, 0) is 113 Å². The van der Waals surface area contributed by atoms with Crippen LogP contribution in [0.2, 0.25) is 0 Å². The molecule has 273 valence electrons. The second kappa shape index (κ2) is 18.1. The number of hydrogen-bond acceptors (Lipinski definition) is 5. The number of nitrogens with zero attached hydrogens (tertiary/aromatic N) is 5. The van der Waals surface area contributed by atoms with E-state index < -0.39 is 0 Å². The van der Waals surface area contributed by atoms with Crippen LogP contribution in [0.25, 0.3) is 0 Å². The van der Waals surface area contributed by atoms with E-state index >= 15 is 0 Å². The molecule has 0 aliphatic carbocycles. The molecule has 2 radical (unpaired) electrons. The van der Waals surface area contributed by atoms with Crippen molar-refractivity contribution in [2.45, 2.75) is 96.9 Å². The molecule has 0 amide bonds. The van der Waals surface area contributed by atoms with Crippen LogP contribution in [0.4, 0.5) is 22.7 Å². The third kappa shape index (κ3) is 12.2. The van der Waals surface area contributed by atoms with Gasteiger partial charge in [0.05, 0.1) is 45.6 Å². The zero-order valence-corrected chi connectivity index (χ0v) is 36.7. The Morgan fingerprint density at radius 2 is 0.941 bits per heavy atom. The number of aromatic nitrogens is 1. The molecule has 5 nitrogen and oxygen atoms in total. The van der Waals surface area contributed by atoms with E-state index in [0.717, 1.165) is 57.1 Å². The zero-order valence-electron chi connectivity index (χ0n) is 33.2. The van der Waals surface area contributed by atoms with E-state index in [2.05, 4.69) is 150 Å². The van der Waals surface area contributed by atoms with Crippen LogP contribution in [0.1, 0.15) is 100 Å². The molecule has 8 heteroatoms. The van der Waals surface area contributed by atoms with Crippen LogP contribution in [0.15, 0.2) is 76.7 Å². The summed E-state index contributed by atoms with van der Waals surface area (Å²) in [6.45, 7) is 32.8. The molecular formula is C43H57ClN5RuSi. The van der Waals surface area contributed by atoms with Gasteiger partial charge in [0, 0.05) is 13.1 Å². The molecule has 0 bridgehead atoms. The Labute approximate surface area is 325 Å². The van der Waals surface area contributed by atoms with Gasteiger partial charge in [0.25, 0.3) is 0 Å². The van der Waals surface area contributed by atoms with Crippen LogP contribution in [0.3, 0.4) is 0 Å².